The molecule has 0 rings (SSSR count). The van der Waals surface area contributed by atoms with Gasteiger partial charge >= 0.3 is 0 Å². The molecule has 0 unspecified atom stereocenters. The minimum absolute atomic E-state index is 0.214. The van der Waals surface area contributed by atoms with E-state index in [1.54, 1.807) is 12.2 Å². The van der Waals surface area contributed by atoms with E-state index in [2.05, 4.69) is 19.7 Å². The van der Waals surface area contributed by atoms with E-state index in [-0.39, 0.29) is 12.2 Å². The van der Waals surface area contributed by atoms with Crippen molar-refractivity contribution in [1.29, 1.82) is 0 Å². The SMILES string of the molecule is C=C/C=C(\C=C(\F)CC(=C)/C=C\CC)C(/C=C\C(=C)C)=C/C. The molecule has 0 atom stereocenters. The van der Waals surface area contributed by atoms with Gasteiger partial charge in [0.1, 0.15) is 5.83 Å². The number of allylic oxidation sites excluding steroid dienone is 13. The van der Waals surface area contributed by atoms with Crippen LogP contribution in [0.1, 0.15) is 33.6 Å². The Hall–Kier alpha value is -2.15. The summed E-state index contributed by atoms with van der Waals surface area (Å²) in [5.74, 6) is -0.220. The van der Waals surface area contributed by atoms with Crippen LogP contribution in [0.15, 0.2) is 96.5 Å². The third-order valence-corrected chi connectivity index (χ3v) is 2.79. The van der Waals surface area contributed by atoms with Crippen molar-refractivity contribution >= 4 is 0 Å². The lowest BCUT2D eigenvalue weighted by Crippen LogP contribution is -1.87. The highest BCUT2D eigenvalue weighted by Gasteiger charge is 2.02. The van der Waals surface area contributed by atoms with E-state index in [1.807, 2.05) is 51.2 Å². The van der Waals surface area contributed by atoms with Crippen molar-refractivity contribution in [1.82, 2.24) is 0 Å². The second-order valence-corrected chi connectivity index (χ2v) is 5.02. The molecule has 0 saturated carbocycles. The highest BCUT2D eigenvalue weighted by Crippen LogP contribution is 2.20. The summed E-state index contributed by atoms with van der Waals surface area (Å²) in [6.45, 7) is 17.3. The molecule has 0 aromatic heterocycles. The Bertz CT molecular complexity index is 548. The zero-order chi connectivity index (χ0) is 17.0. The van der Waals surface area contributed by atoms with Crippen LogP contribution in [-0.4, -0.2) is 0 Å². The van der Waals surface area contributed by atoms with Gasteiger partial charge in [0.2, 0.25) is 0 Å². The lowest BCUT2D eigenvalue weighted by atomic mass is 10.0. The van der Waals surface area contributed by atoms with Gasteiger partial charge in [-0.2, -0.15) is 0 Å². The van der Waals surface area contributed by atoms with Gasteiger partial charge in [-0.05, 0) is 43.1 Å². The van der Waals surface area contributed by atoms with Gasteiger partial charge in [-0.15, -0.1) is 0 Å². The van der Waals surface area contributed by atoms with Gasteiger partial charge in [0.05, 0.1) is 0 Å². The lowest BCUT2D eigenvalue weighted by molar-refractivity contribution is 0.613. The maximum absolute atomic E-state index is 14.2. The second kappa shape index (κ2) is 11.5. The van der Waals surface area contributed by atoms with Gasteiger partial charge in [0, 0.05) is 6.42 Å². The van der Waals surface area contributed by atoms with Crippen LogP contribution in [0, 0.1) is 0 Å². The average molecular weight is 298 g/mol. The van der Waals surface area contributed by atoms with E-state index in [0.29, 0.717) is 0 Å². The van der Waals surface area contributed by atoms with Gasteiger partial charge in [0.15, 0.2) is 0 Å². The van der Waals surface area contributed by atoms with Crippen molar-refractivity contribution in [3.63, 3.8) is 0 Å². The van der Waals surface area contributed by atoms with Gasteiger partial charge in [-0.1, -0.05) is 74.8 Å². The van der Waals surface area contributed by atoms with Crippen LogP contribution in [0.5, 0.6) is 0 Å². The molecule has 0 saturated heterocycles. The van der Waals surface area contributed by atoms with Crippen LogP contribution in [-0.2, 0) is 0 Å². The molecule has 0 aromatic carbocycles. The number of hydrogen-bond acceptors (Lipinski definition) is 0. The summed E-state index contributed by atoms with van der Waals surface area (Å²) in [4.78, 5) is 0. The number of rotatable bonds is 9. The number of halogens is 1. The minimum atomic E-state index is -0.220. The van der Waals surface area contributed by atoms with E-state index in [4.69, 9.17) is 0 Å². The highest BCUT2D eigenvalue weighted by atomic mass is 19.1. The van der Waals surface area contributed by atoms with Crippen LogP contribution < -0.4 is 0 Å². The third-order valence-electron chi connectivity index (χ3n) is 2.79. The van der Waals surface area contributed by atoms with Crippen LogP contribution in [0.3, 0.4) is 0 Å². The van der Waals surface area contributed by atoms with Crippen molar-refractivity contribution < 1.29 is 4.39 Å². The van der Waals surface area contributed by atoms with Crippen molar-refractivity contribution in [3.05, 3.63) is 96.5 Å². The molecule has 0 aliphatic heterocycles. The van der Waals surface area contributed by atoms with Crippen LogP contribution in [0.25, 0.3) is 0 Å². The Labute approximate surface area is 135 Å². The summed E-state index contributed by atoms with van der Waals surface area (Å²) in [6, 6.07) is 0. The predicted molar refractivity (Wildman–Crippen MR) is 98.4 cm³/mol. The predicted octanol–water partition coefficient (Wildman–Crippen LogP) is 6.94. The van der Waals surface area contributed by atoms with Crippen LogP contribution in [0.4, 0.5) is 4.39 Å². The van der Waals surface area contributed by atoms with E-state index < -0.39 is 0 Å². The molecule has 0 heterocycles. The Morgan fingerprint density at radius 3 is 2.27 bits per heavy atom. The molecule has 0 aromatic rings. The molecule has 0 spiro atoms. The van der Waals surface area contributed by atoms with Crippen molar-refractivity contribution in [2.75, 3.05) is 0 Å². The molecular formula is C21H27F. The van der Waals surface area contributed by atoms with E-state index in [9.17, 15) is 4.39 Å². The molecule has 0 nitrogen and oxygen atoms in total. The first-order valence-corrected chi connectivity index (χ1v) is 7.47. The fraction of sp³-hybridized carbons (Fsp3) is 0.238. The van der Waals surface area contributed by atoms with Crippen molar-refractivity contribution in [3.8, 4) is 0 Å². The normalized spacial score (nSPS) is 13.9. The van der Waals surface area contributed by atoms with Gasteiger partial charge < -0.3 is 0 Å². The smallest absolute Gasteiger partial charge is 0.105 e. The maximum atomic E-state index is 14.2. The molecule has 0 aliphatic carbocycles. The monoisotopic (exact) mass is 298 g/mol. The minimum Gasteiger partial charge on any atom is -0.211 e. The first-order chi connectivity index (χ1) is 10.4. The Kier molecular flexibility index (Phi) is 10.4. The van der Waals surface area contributed by atoms with Crippen LogP contribution >= 0.6 is 0 Å². The molecule has 0 bridgehead atoms. The topological polar surface area (TPSA) is 0 Å². The molecule has 0 radical (unpaired) electrons. The maximum Gasteiger partial charge on any atom is 0.105 e. The Balaban J connectivity index is 5.26. The second-order valence-electron chi connectivity index (χ2n) is 5.02. The molecule has 0 amide bonds. The summed E-state index contributed by atoms with van der Waals surface area (Å²) in [7, 11) is 0. The lowest BCUT2D eigenvalue weighted by Gasteiger charge is -2.05. The van der Waals surface area contributed by atoms with Gasteiger partial charge in [-0.25, -0.2) is 4.39 Å². The quantitative estimate of drug-likeness (QED) is 0.404. The van der Waals surface area contributed by atoms with E-state index >= 15 is 0 Å². The molecule has 1 heteroatoms. The van der Waals surface area contributed by atoms with E-state index in [0.717, 1.165) is 28.7 Å². The zero-order valence-corrected chi connectivity index (χ0v) is 14.0. The Morgan fingerprint density at radius 2 is 1.77 bits per heavy atom. The molecule has 0 aliphatic rings. The fourth-order valence-electron chi connectivity index (χ4n) is 1.73. The molecule has 0 N–H and O–H groups in total. The summed E-state index contributed by atoms with van der Waals surface area (Å²) >= 11 is 0. The third kappa shape index (κ3) is 8.91. The zero-order valence-electron chi connectivity index (χ0n) is 14.0. The van der Waals surface area contributed by atoms with Gasteiger partial charge in [-0.3, -0.25) is 0 Å². The molecule has 118 valence electrons. The Morgan fingerprint density at radius 1 is 1.09 bits per heavy atom. The van der Waals surface area contributed by atoms with Crippen LogP contribution in [0.2, 0.25) is 0 Å². The first kappa shape index (κ1) is 19.9. The van der Waals surface area contributed by atoms with Crippen molar-refractivity contribution in [2.24, 2.45) is 0 Å². The van der Waals surface area contributed by atoms with Gasteiger partial charge in [0.25, 0.3) is 0 Å². The van der Waals surface area contributed by atoms with Crippen molar-refractivity contribution in [2.45, 2.75) is 33.6 Å². The summed E-state index contributed by atoms with van der Waals surface area (Å²) in [5, 5.41) is 0. The highest BCUT2D eigenvalue weighted by molar-refractivity contribution is 5.49. The largest absolute Gasteiger partial charge is 0.211 e. The molecule has 0 fully saturated rings. The summed E-state index contributed by atoms with van der Waals surface area (Å²) in [5.41, 5.74) is 3.40. The average Bonchev–Trinajstić information content (AvgIpc) is 2.45. The van der Waals surface area contributed by atoms with E-state index in [1.165, 1.54) is 6.08 Å². The molecular weight excluding hydrogens is 271 g/mol. The fourth-order valence-corrected chi connectivity index (χ4v) is 1.73. The summed E-state index contributed by atoms with van der Waals surface area (Å²) < 4.78 is 14.2. The standard InChI is InChI=1S/C21H27F/c1-7-10-12-18(6)15-21(22)16-20(11-8-2)19(9-3)14-13-17(4)5/h8-14,16H,2,4,6-7,15H2,1,3,5H3/b12-10-,14-13-,19-9+,20-11+,21-16+. The summed E-state index contributed by atoms with van der Waals surface area (Å²) in [6.07, 6.45) is 15.7. The first-order valence-electron chi connectivity index (χ1n) is 7.47. The number of hydrogen-bond donors (Lipinski definition) is 0. The molecule has 22 heavy (non-hydrogen) atoms.